The minimum absolute atomic E-state index is 0.0455. The van der Waals surface area contributed by atoms with Gasteiger partial charge in [-0.25, -0.2) is 15.0 Å². The Labute approximate surface area is 202 Å². The number of benzene rings is 2. The maximum absolute atomic E-state index is 6.47. The highest BCUT2D eigenvalue weighted by Crippen LogP contribution is 2.31. The number of nitrogens with zero attached hydrogens (tertiary/aromatic N) is 4. The molecule has 3 heterocycles. The number of rotatable bonds is 6. The first kappa shape index (κ1) is 21.9. The summed E-state index contributed by atoms with van der Waals surface area (Å²) in [6.07, 6.45) is 3.30. The molecule has 0 bridgehead atoms. The van der Waals surface area contributed by atoms with Gasteiger partial charge in [-0.05, 0) is 62.4 Å². The Morgan fingerprint density at radius 1 is 0.971 bits per heavy atom. The minimum Gasteiger partial charge on any atom is -0.486 e. The lowest BCUT2D eigenvalue weighted by atomic mass is 10.2. The van der Waals surface area contributed by atoms with Crippen molar-refractivity contribution in [3.63, 3.8) is 0 Å². The van der Waals surface area contributed by atoms with Crippen LogP contribution in [0.25, 0.3) is 10.9 Å². The van der Waals surface area contributed by atoms with Crippen LogP contribution in [0.4, 0.5) is 17.2 Å². The van der Waals surface area contributed by atoms with E-state index in [0.29, 0.717) is 29.2 Å². The van der Waals surface area contributed by atoms with E-state index in [9.17, 15) is 0 Å². The predicted octanol–water partition coefficient (Wildman–Crippen LogP) is 5.58. The van der Waals surface area contributed by atoms with Gasteiger partial charge in [0, 0.05) is 23.0 Å². The number of amidine groups is 1. The van der Waals surface area contributed by atoms with Crippen LogP contribution in [0.1, 0.15) is 19.5 Å². The molecule has 172 valence electrons. The third kappa shape index (κ3) is 4.87. The van der Waals surface area contributed by atoms with E-state index in [0.717, 1.165) is 28.0 Å². The van der Waals surface area contributed by atoms with Gasteiger partial charge in [-0.15, -0.1) is 0 Å². The van der Waals surface area contributed by atoms with Gasteiger partial charge in [-0.3, -0.25) is 4.98 Å². The molecule has 9 heteroatoms. The van der Waals surface area contributed by atoms with E-state index < -0.39 is 0 Å². The summed E-state index contributed by atoms with van der Waals surface area (Å²) in [7, 11) is 0. The van der Waals surface area contributed by atoms with Crippen molar-refractivity contribution in [2.75, 3.05) is 10.6 Å². The second kappa shape index (κ2) is 9.52. The maximum atomic E-state index is 6.47. The molecule has 8 nitrogen and oxygen atoms in total. The van der Waals surface area contributed by atoms with Crippen molar-refractivity contribution in [3.05, 3.63) is 77.8 Å². The zero-order chi connectivity index (χ0) is 23.5. The van der Waals surface area contributed by atoms with E-state index in [1.165, 1.54) is 6.33 Å². The Morgan fingerprint density at radius 3 is 2.59 bits per heavy atom. The third-order valence-electron chi connectivity index (χ3n) is 5.48. The van der Waals surface area contributed by atoms with Crippen LogP contribution in [0.15, 0.2) is 72.1 Å². The van der Waals surface area contributed by atoms with Crippen molar-refractivity contribution < 1.29 is 9.47 Å². The molecule has 0 radical (unpaired) electrons. The highest BCUT2D eigenvalue weighted by atomic mass is 35.5. The van der Waals surface area contributed by atoms with Gasteiger partial charge in [0.15, 0.2) is 0 Å². The number of ether oxygens (including phenoxy) is 2. The van der Waals surface area contributed by atoms with Crippen LogP contribution >= 0.6 is 11.6 Å². The fraction of sp³-hybridized carbons (Fsp3) is 0.200. The molecule has 34 heavy (non-hydrogen) atoms. The Hall–Kier alpha value is -3.91. The number of hydrogen-bond acceptors (Lipinski definition) is 8. The van der Waals surface area contributed by atoms with Crippen molar-refractivity contribution >= 4 is 45.7 Å². The van der Waals surface area contributed by atoms with Crippen molar-refractivity contribution in [2.24, 2.45) is 4.99 Å². The summed E-state index contributed by atoms with van der Waals surface area (Å²) in [4.78, 5) is 17.6. The number of pyridine rings is 1. The Bertz CT molecular complexity index is 1350. The van der Waals surface area contributed by atoms with Crippen LogP contribution in [0.2, 0.25) is 5.02 Å². The largest absolute Gasteiger partial charge is 0.486 e. The number of halogens is 1. The maximum Gasteiger partial charge on any atom is 0.289 e. The summed E-state index contributed by atoms with van der Waals surface area (Å²) < 4.78 is 11.6. The molecule has 0 unspecified atom stereocenters. The van der Waals surface area contributed by atoms with Crippen molar-refractivity contribution in [2.45, 2.75) is 32.6 Å². The van der Waals surface area contributed by atoms with Crippen molar-refractivity contribution in [3.8, 4) is 5.75 Å². The summed E-state index contributed by atoms with van der Waals surface area (Å²) in [5.74, 6) is 1.24. The molecule has 0 aliphatic carbocycles. The first-order chi connectivity index (χ1) is 16.5. The number of hydrogen-bond donors (Lipinski definition) is 2. The SMILES string of the molecule is C[C@@H]1OC(Nc2ccc3ncnc(Nc4ccc(OCc5ccccn5)c(Cl)c4)c3c2)=N[C@@H]1C. The molecule has 2 atom stereocenters. The van der Waals surface area contributed by atoms with Gasteiger partial charge in [0.25, 0.3) is 6.02 Å². The summed E-state index contributed by atoms with van der Waals surface area (Å²) in [5, 5.41) is 7.90. The number of nitrogens with one attached hydrogen (secondary N) is 2. The van der Waals surface area contributed by atoms with Crippen LogP contribution < -0.4 is 15.4 Å². The molecule has 2 aromatic heterocycles. The highest BCUT2D eigenvalue weighted by molar-refractivity contribution is 6.32. The summed E-state index contributed by atoms with van der Waals surface area (Å²) in [6.45, 7) is 4.36. The molecular formula is C25H23ClN6O2. The minimum atomic E-state index is 0.0455. The molecule has 4 aromatic rings. The number of fused-ring (bicyclic) bond motifs is 1. The van der Waals surface area contributed by atoms with Crippen molar-refractivity contribution in [1.82, 2.24) is 15.0 Å². The highest BCUT2D eigenvalue weighted by Gasteiger charge is 2.23. The Morgan fingerprint density at radius 2 is 1.82 bits per heavy atom. The first-order valence-electron chi connectivity index (χ1n) is 10.9. The zero-order valence-corrected chi connectivity index (χ0v) is 19.5. The molecule has 0 saturated heterocycles. The van der Waals surface area contributed by atoms with E-state index in [1.807, 2.05) is 62.4 Å². The van der Waals surface area contributed by atoms with Gasteiger partial charge in [0.2, 0.25) is 0 Å². The lowest BCUT2D eigenvalue weighted by Gasteiger charge is -2.13. The first-order valence-corrected chi connectivity index (χ1v) is 11.3. The fourth-order valence-electron chi connectivity index (χ4n) is 3.48. The number of anilines is 3. The van der Waals surface area contributed by atoms with E-state index in [4.69, 9.17) is 21.1 Å². The van der Waals surface area contributed by atoms with Gasteiger partial charge in [0.05, 0.1) is 22.3 Å². The molecule has 2 N–H and O–H groups in total. The van der Waals surface area contributed by atoms with E-state index >= 15 is 0 Å². The van der Waals surface area contributed by atoms with E-state index in [-0.39, 0.29) is 12.1 Å². The molecular weight excluding hydrogens is 452 g/mol. The Balaban J connectivity index is 1.34. The molecule has 5 rings (SSSR count). The molecule has 0 saturated carbocycles. The third-order valence-corrected chi connectivity index (χ3v) is 5.78. The normalized spacial score (nSPS) is 17.2. The lowest BCUT2D eigenvalue weighted by Crippen LogP contribution is -2.17. The molecule has 0 amide bonds. The van der Waals surface area contributed by atoms with Crippen LogP contribution in [0.3, 0.4) is 0 Å². The van der Waals surface area contributed by atoms with Crippen LogP contribution in [0.5, 0.6) is 5.75 Å². The summed E-state index contributed by atoms with van der Waals surface area (Å²) in [5.41, 5.74) is 3.25. The average Bonchev–Trinajstić information content (AvgIpc) is 3.16. The molecule has 0 fully saturated rings. The second-order valence-electron chi connectivity index (χ2n) is 7.96. The van der Waals surface area contributed by atoms with Crippen LogP contribution in [-0.2, 0) is 11.3 Å². The molecule has 1 aliphatic rings. The van der Waals surface area contributed by atoms with Gasteiger partial charge in [-0.1, -0.05) is 17.7 Å². The monoisotopic (exact) mass is 474 g/mol. The second-order valence-corrected chi connectivity index (χ2v) is 8.36. The van der Waals surface area contributed by atoms with Gasteiger partial charge < -0.3 is 20.1 Å². The van der Waals surface area contributed by atoms with Crippen LogP contribution in [0, 0.1) is 0 Å². The standard InChI is InChI=1S/C25H23ClN6O2/c1-15-16(2)34-25(30-15)32-17-6-8-22-20(11-17)24(29-14-28-22)31-18-7-9-23(21(26)12-18)33-13-19-5-3-4-10-27-19/h3-12,14-16H,13H2,1-2H3,(H,30,32)(H,28,29,31)/t15-,16+/m1/s1. The topological polar surface area (TPSA) is 93.5 Å². The zero-order valence-electron chi connectivity index (χ0n) is 18.7. The van der Waals surface area contributed by atoms with E-state index in [2.05, 4.69) is 30.6 Å². The number of aliphatic imine (C=N–C) groups is 1. The van der Waals surface area contributed by atoms with Gasteiger partial charge in [0.1, 0.15) is 30.6 Å². The fourth-order valence-corrected chi connectivity index (χ4v) is 3.72. The smallest absolute Gasteiger partial charge is 0.289 e. The van der Waals surface area contributed by atoms with Gasteiger partial charge in [-0.2, -0.15) is 0 Å². The van der Waals surface area contributed by atoms with Crippen molar-refractivity contribution in [1.29, 1.82) is 0 Å². The number of aromatic nitrogens is 3. The quantitative estimate of drug-likeness (QED) is 0.377. The Kier molecular flexibility index (Phi) is 6.14. The lowest BCUT2D eigenvalue weighted by molar-refractivity contribution is 0.218. The van der Waals surface area contributed by atoms with Crippen LogP contribution in [-0.4, -0.2) is 33.1 Å². The van der Waals surface area contributed by atoms with Gasteiger partial charge >= 0.3 is 0 Å². The van der Waals surface area contributed by atoms with E-state index in [1.54, 1.807) is 12.3 Å². The predicted molar refractivity (Wildman–Crippen MR) is 134 cm³/mol. The summed E-state index contributed by atoms with van der Waals surface area (Å²) in [6, 6.07) is 17.6. The molecule has 1 aliphatic heterocycles. The molecule has 0 spiro atoms. The molecule has 2 aromatic carbocycles. The summed E-state index contributed by atoms with van der Waals surface area (Å²) >= 11 is 6.47. The average molecular weight is 475 g/mol.